The van der Waals surface area contributed by atoms with Crippen molar-refractivity contribution in [2.75, 3.05) is 65.4 Å². The molecule has 15 nitrogen and oxygen atoms in total. The minimum absolute atomic E-state index is 0.0426. The number of carboxylic acid groups (broad SMARTS) is 1. The number of unbranched alkanes of at least 4 members (excludes halogenated alkanes) is 2. The molecule has 2 atom stereocenters. The Morgan fingerprint density at radius 1 is 0.821 bits per heavy atom. The highest BCUT2D eigenvalue weighted by Gasteiger charge is 2.48. The summed E-state index contributed by atoms with van der Waals surface area (Å²) >= 11 is 0. The van der Waals surface area contributed by atoms with Crippen molar-refractivity contribution >= 4 is 53.4 Å². The van der Waals surface area contributed by atoms with Gasteiger partial charge in [-0.1, -0.05) is 12.5 Å². The van der Waals surface area contributed by atoms with Crippen LogP contribution < -0.4 is 4.90 Å². The van der Waals surface area contributed by atoms with Crippen LogP contribution in [-0.2, 0) is 63.8 Å². The van der Waals surface area contributed by atoms with Crippen LogP contribution in [0, 0.1) is 0 Å². The van der Waals surface area contributed by atoms with Crippen LogP contribution in [0.3, 0.4) is 0 Å². The fourth-order valence-corrected chi connectivity index (χ4v) is 9.47. The zero-order valence-corrected chi connectivity index (χ0v) is 35.1. The number of aliphatic carboxylic acids is 1. The number of fused-ring (bicyclic) bond motifs is 2. The first-order valence-corrected chi connectivity index (χ1v) is 22.6. The molecule has 0 saturated heterocycles. The second-order valence-electron chi connectivity index (χ2n) is 14.2. The quantitative estimate of drug-likeness (QED) is 0.0699. The molecule has 4 rings (SSSR count). The lowest BCUT2D eigenvalue weighted by Crippen LogP contribution is -2.33. The Bertz CT molecular complexity index is 2200. The summed E-state index contributed by atoms with van der Waals surface area (Å²) in [7, 11) is -7.05. The van der Waals surface area contributed by atoms with Crippen molar-refractivity contribution < 1.29 is 62.1 Å². The molecule has 2 N–H and O–H groups in total. The molecule has 0 spiro atoms. The number of hydrogen-bond acceptors (Lipinski definition) is 12. The SMILES string of the molecule is COCC[N+]1=C(C=CC=C2N(CCCCCC(=O)O)c3ccc(S(=O)(=O)O)cc3C2(C)CCOC)C(C)(CCCS(=O)(=O)OC)c2cc(S(=O)(=O)OC)ccc21. The Morgan fingerprint density at radius 3 is 2.12 bits per heavy atom. The van der Waals surface area contributed by atoms with E-state index in [-0.39, 0.29) is 28.4 Å². The molecule has 0 aliphatic carbocycles. The molecule has 310 valence electrons. The Balaban J connectivity index is 1.90. The second kappa shape index (κ2) is 18.4. The molecular weight excluding hydrogens is 789 g/mol. The van der Waals surface area contributed by atoms with E-state index in [4.69, 9.17) is 22.9 Å². The second-order valence-corrected chi connectivity index (χ2v) is 19.2. The van der Waals surface area contributed by atoms with Gasteiger partial charge >= 0.3 is 5.97 Å². The Kier molecular flexibility index (Phi) is 14.9. The minimum Gasteiger partial charge on any atom is -0.481 e. The van der Waals surface area contributed by atoms with Crippen molar-refractivity contribution in [2.24, 2.45) is 0 Å². The number of hydrogen-bond donors (Lipinski definition) is 2. The first kappa shape index (κ1) is 45.2. The highest BCUT2D eigenvalue weighted by molar-refractivity contribution is 7.87. The molecule has 2 aliphatic rings. The van der Waals surface area contributed by atoms with Crippen LogP contribution in [-0.4, -0.2) is 112 Å². The summed E-state index contributed by atoms with van der Waals surface area (Å²) in [6.07, 6.45) is 8.47. The summed E-state index contributed by atoms with van der Waals surface area (Å²) in [6.45, 7) is 5.43. The van der Waals surface area contributed by atoms with Crippen LogP contribution in [0.1, 0.15) is 69.9 Å². The van der Waals surface area contributed by atoms with Gasteiger partial charge in [0.15, 0.2) is 12.3 Å². The number of benzene rings is 2. The number of nitrogens with zero attached hydrogens (tertiary/aromatic N) is 2. The van der Waals surface area contributed by atoms with E-state index >= 15 is 0 Å². The van der Waals surface area contributed by atoms with Gasteiger partial charge < -0.3 is 19.5 Å². The number of carboxylic acids is 1. The molecule has 18 heteroatoms. The van der Waals surface area contributed by atoms with Crippen LogP contribution >= 0.6 is 0 Å². The average molecular weight is 842 g/mol. The van der Waals surface area contributed by atoms with E-state index < -0.39 is 47.2 Å². The molecule has 2 aliphatic heterocycles. The van der Waals surface area contributed by atoms with Gasteiger partial charge in [-0.15, -0.1) is 0 Å². The summed E-state index contributed by atoms with van der Waals surface area (Å²) in [4.78, 5) is 13.0. The Hall–Kier alpha value is -3.49. The average Bonchev–Trinajstić information content (AvgIpc) is 3.52. The van der Waals surface area contributed by atoms with Gasteiger partial charge in [0.2, 0.25) is 5.69 Å². The summed E-state index contributed by atoms with van der Waals surface area (Å²) in [6, 6.07) is 9.23. The molecule has 0 fully saturated rings. The van der Waals surface area contributed by atoms with Crippen LogP contribution in [0.4, 0.5) is 11.4 Å². The van der Waals surface area contributed by atoms with E-state index in [1.54, 1.807) is 32.4 Å². The number of carbonyl (C=O) groups is 1. The van der Waals surface area contributed by atoms with Crippen molar-refractivity contribution in [2.45, 2.75) is 79.4 Å². The largest absolute Gasteiger partial charge is 0.481 e. The van der Waals surface area contributed by atoms with Gasteiger partial charge in [-0.3, -0.25) is 17.7 Å². The molecule has 0 radical (unpaired) electrons. The van der Waals surface area contributed by atoms with E-state index in [2.05, 4.69) is 4.90 Å². The lowest BCUT2D eigenvalue weighted by atomic mass is 9.75. The summed E-state index contributed by atoms with van der Waals surface area (Å²) in [5.41, 5.74) is 2.68. The molecular formula is C38H53N2O13S3+. The molecule has 2 aromatic carbocycles. The predicted octanol–water partition coefficient (Wildman–Crippen LogP) is 4.93. The van der Waals surface area contributed by atoms with Gasteiger partial charge in [0.25, 0.3) is 30.4 Å². The van der Waals surface area contributed by atoms with Crippen molar-refractivity contribution in [3.63, 3.8) is 0 Å². The molecule has 0 bridgehead atoms. The monoisotopic (exact) mass is 841 g/mol. The predicted molar refractivity (Wildman–Crippen MR) is 210 cm³/mol. The normalized spacial score (nSPS) is 20.7. The number of allylic oxidation sites excluding steroid dienone is 4. The van der Waals surface area contributed by atoms with Crippen LogP contribution in [0.5, 0.6) is 0 Å². The smallest absolute Gasteiger partial charge is 0.303 e. The van der Waals surface area contributed by atoms with E-state index in [0.29, 0.717) is 69.5 Å². The van der Waals surface area contributed by atoms with Gasteiger partial charge in [-0.05, 0) is 87.9 Å². The maximum atomic E-state index is 12.9. The third-order valence-electron chi connectivity index (χ3n) is 10.7. The number of methoxy groups -OCH3 is 2. The zero-order valence-electron chi connectivity index (χ0n) is 32.7. The van der Waals surface area contributed by atoms with Crippen LogP contribution in [0.25, 0.3) is 0 Å². The van der Waals surface area contributed by atoms with Gasteiger partial charge in [-0.25, -0.2) is 0 Å². The minimum atomic E-state index is -4.53. The lowest BCUT2D eigenvalue weighted by Gasteiger charge is -2.30. The molecule has 56 heavy (non-hydrogen) atoms. The Labute approximate surface area is 330 Å². The maximum absolute atomic E-state index is 12.9. The zero-order chi connectivity index (χ0) is 41.5. The number of ether oxygens (including phenoxy) is 2. The third kappa shape index (κ3) is 9.96. The van der Waals surface area contributed by atoms with Crippen molar-refractivity contribution in [3.05, 3.63) is 71.5 Å². The summed E-state index contributed by atoms with van der Waals surface area (Å²) < 4.78 is 108. The lowest BCUT2D eigenvalue weighted by molar-refractivity contribution is -0.441. The van der Waals surface area contributed by atoms with Crippen LogP contribution in [0.15, 0.2) is 70.1 Å². The van der Waals surface area contributed by atoms with Crippen molar-refractivity contribution in [3.8, 4) is 0 Å². The fraction of sp³-hybridized carbons (Fsp3) is 0.526. The summed E-state index contributed by atoms with van der Waals surface area (Å²) in [5, 5.41) is 9.16. The molecule has 2 aromatic rings. The van der Waals surface area contributed by atoms with E-state index in [1.165, 1.54) is 18.2 Å². The standard InChI is InChI=1S/C38H52N2O13S3/c1-37(19-11-25-54(43,44)52-5)31-27-29(56(48,49)53-6)16-18-33(31)40(22-24-51-4)34(37)12-10-13-35-38(2,20-23-50-3)30-26-28(55(45,46)47)15-17-32(30)39(35)21-9-7-8-14-36(41)42/h10,12-13,15-18,26-27H,7-9,11,14,19-25H2,1-6H3,(H-,41,42,45,46,47)/p+1. The van der Waals surface area contributed by atoms with Gasteiger partial charge in [0.05, 0.1) is 35.2 Å². The number of rotatable bonds is 22. The molecule has 0 aromatic heterocycles. The maximum Gasteiger partial charge on any atom is 0.303 e. The van der Waals surface area contributed by atoms with Gasteiger partial charge in [0, 0.05) is 68.3 Å². The first-order chi connectivity index (χ1) is 26.3. The van der Waals surface area contributed by atoms with E-state index in [1.807, 2.05) is 36.7 Å². The van der Waals surface area contributed by atoms with E-state index in [0.717, 1.165) is 37.0 Å². The van der Waals surface area contributed by atoms with E-state index in [9.17, 15) is 34.6 Å². The summed E-state index contributed by atoms with van der Waals surface area (Å²) in [5.74, 6) is -1.13. The molecule has 0 saturated carbocycles. The molecule has 0 amide bonds. The first-order valence-electron chi connectivity index (χ1n) is 18.2. The fourth-order valence-electron chi connectivity index (χ4n) is 7.61. The highest BCUT2D eigenvalue weighted by atomic mass is 32.2. The van der Waals surface area contributed by atoms with Crippen LogP contribution in [0.2, 0.25) is 0 Å². The van der Waals surface area contributed by atoms with Crippen molar-refractivity contribution in [1.29, 1.82) is 0 Å². The Morgan fingerprint density at radius 2 is 1.50 bits per heavy atom. The highest BCUT2D eigenvalue weighted by Crippen LogP contribution is 2.51. The molecule has 2 heterocycles. The third-order valence-corrected chi connectivity index (χ3v) is 14.1. The number of anilines is 1. The molecule has 2 unspecified atom stereocenters. The topological polar surface area (TPSA) is 203 Å². The van der Waals surface area contributed by atoms with Gasteiger partial charge in [-0.2, -0.15) is 29.8 Å². The van der Waals surface area contributed by atoms with Crippen molar-refractivity contribution in [1.82, 2.24) is 0 Å². The van der Waals surface area contributed by atoms with Gasteiger partial charge in [0.1, 0.15) is 6.61 Å².